The number of hydrogen-bond acceptors (Lipinski definition) is 4. The third kappa shape index (κ3) is 14.5. The molecule has 0 amide bonds. The van der Waals surface area contributed by atoms with E-state index in [-0.39, 0.29) is 18.0 Å². The first kappa shape index (κ1) is 22.9. The summed E-state index contributed by atoms with van der Waals surface area (Å²) in [5, 5.41) is 0. The van der Waals surface area contributed by atoms with Crippen LogP contribution in [0.3, 0.4) is 0 Å². The number of carbonyl (C=O) groups is 2. The third-order valence-corrected chi connectivity index (χ3v) is 4.14. The molecule has 0 aromatic carbocycles. The van der Waals surface area contributed by atoms with Gasteiger partial charge >= 0.3 is 11.9 Å². The van der Waals surface area contributed by atoms with E-state index in [0.29, 0.717) is 32.3 Å². The lowest BCUT2D eigenvalue weighted by Crippen LogP contribution is -2.17. The van der Waals surface area contributed by atoms with Crippen molar-refractivity contribution in [3.05, 3.63) is 0 Å². The number of hydrogen-bond donors (Lipinski definition) is 0. The zero-order valence-electron chi connectivity index (χ0n) is 16.1. The Morgan fingerprint density at radius 1 is 0.750 bits per heavy atom. The molecule has 0 radical (unpaired) electrons. The molecule has 142 valence electrons. The first-order valence-corrected chi connectivity index (χ1v) is 9.99. The molecule has 24 heavy (non-hydrogen) atoms. The summed E-state index contributed by atoms with van der Waals surface area (Å²) < 4.78 is 10.6. The van der Waals surface area contributed by atoms with Crippen molar-refractivity contribution >= 4 is 11.9 Å². The highest BCUT2D eigenvalue weighted by molar-refractivity contribution is 5.70. The molecule has 0 aromatic rings. The normalized spacial score (nSPS) is 12.0. The Balaban J connectivity index is 3.49. The van der Waals surface area contributed by atoms with Crippen LogP contribution in [0.4, 0.5) is 0 Å². The van der Waals surface area contributed by atoms with Gasteiger partial charge in [0, 0.05) is 12.8 Å². The molecule has 0 rings (SSSR count). The topological polar surface area (TPSA) is 52.6 Å². The molecule has 0 aliphatic carbocycles. The van der Waals surface area contributed by atoms with Crippen LogP contribution in [0.15, 0.2) is 0 Å². The van der Waals surface area contributed by atoms with Crippen LogP contribution in [0.1, 0.15) is 104 Å². The summed E-state index contributed by atoms with van der Waals surface area (Å²) in [6, 6.07) is 0. The summed E-state index contributed by atoms with van der Waals surface area (Å²) in [5.74, 6) is -0.287. The molecule has 0 aliphatic rings. The average molecular weight is 343 g/mol. The van der Waals surface area contributed by atoms with Crippen LogP contribution in [-0.4, -0.2) is 24.6 Å². The molecule has 0 heterocycles. The van der Waals surface area contributed by atoms with Crippen LogP contribution in [0.2, 0.25) is 0 Å². The van der Waals surface area contributed by atoms with E-state index < -0.39 is 0 Å². The second kappa shape index (κ2) is 16.8. The van der Waals surface area contributed by atoms with E-state index >= 15 is 0 Å². The van der Waals surface area contributed by atoms with Crippen molar-refractivity contribution in [2.75, 3.05) is 6.61 Å². The minimum Gasteiger partial charge on any atom is -0.466 e. The average Bonchev–Trinajstić information content (AvgIpc) is 2.57. The molecule has 4 heteroatoms. The molecular formula is C20H38O4. The molecule has 0 saturated heterocycles. The maximum atomic E-state index is 11.7. The molecule has 0 N–H and O–H groups in total. The predicted molar refractivity (Wildman–Crippen MR) is 97.9 cm³/mol. The highest BCUT2D eigenvalue weighted by Gasteiger charge is 2.11. The number of carbonyl (C=O) groups excluding carboxylic acids is 2. The Kier molecular flexibility index (Phi) is 16.0. The molecule has 0 spiro atoms. The Morgan fingerprint density at radius 2 is 1.38 bits per heavy atom. The third-order valence-electron chi connectivity index (χ3n) is 4.14. The summed E-state index contributed by atoms with van der Waals surface area (Å²) in [4.78, 5) is 23.3. The van der Waals surface area contributed by atoms with E-state index in [4.69, 9.17) is 9.47 Å². The lowest BCUT2D eigenvalue weighted by Gasteiger charge is -2.15. The molecule has 1 atom stereocenters. The van der Waals surface area contributed by atoms with E-state index in [1.165, 1.54) is 25.7 Å². The van der Waals surface area contributed by atoms with Gasteiger partial charge in [-0.15, -0.1) is 0 Å². The molecule has 1 unspecified atom stereocenters. The smallest absolute Gasteiger partial charge is 0.306 e. The lowest BCUT2D eigenvalue weighted by molar-refractivity contribution is -0.150. The fraction of sp³-hybridized carbons (Fsp3) is 0.900. The van der Waals surface area contributed by atoms with Gasteiger partial charge in [-0.2, -0.15) is 0 Å². The first-order chi connectivity index (χ1) is 11.6. The fourth-order valence-corrected chi connectivity index (χ4v) is 2.59. The maximum Gasteiger partial charge on any atom is 0.306 e. The van der Waals surface area contributed by atoms with Crippen molar-refractivity contribution in [1.29, 1.82) is 0 Å². The van der Waals surface area contributed by atoms with Crippen molar-refractivity contribution in [3.8, 4) is 0 Å². The van der Waals surface area contributed by atoms with Crippen molar-refractivity contribution in [2.45, 2.75) is 110 Å². The van der Waals surface area contributed by atoms with Gasteiger partial charge in [-0.3, -0.25) is 9.59 Å². The van der Waals surface area contributed by atoms with Gasteiger partial charge in [0.05, 0.1) is 6.61 Å². The predicted octanol–water partition coefficient (Wildman–Crippen LogP) is 5.57. The molecule has 0 fully saturated rings. The summed E-state index contributed by atoms with van der Waals surface area (Å²) >= 11 is 0. The number of esters is 2. The van der Waals surface area contributed by atoms with E-state index in [0.717, 1.165) is 32.1 Å². The standard InChI is InChI=1S/C20H38O4/c1-4-7-8-9-10-13-17-23-19(21)15-11-12-16-20(22)24-18(6-3)14-5-2/h18H,4-17H2,1-3H3. The highest BCUT2D eigenvalue weighted by Crippen LogP contribution is 2.10. The largest absolute Gasteiger partial charge is 0.466 e. The lowest BCUT2D eigenvalue weighted by atomic mass is 10.1. The fourth-order valence-electron chi connectivity index (χ4n) is 2.59. The first-order valence-electron chi connectivity index (χ1n) is 9.99. The highest BCUT2D eigenvalue weighted by atomic mass is 16.5. The molecule has 0 bridgehead atoms. The second-order valence-electron chi connectivity index (χ2n) is 6.50. The van der Waals surface area contributed by atoms with Crippen LogP contribution in [0, 0.1) is 0 Å². The van der Waals surface area contributed by atoms with Gasteiger partial charge in [-0.05, 0) is 32.1 Å². The van der Waals surface area contributed by atoms with Crippen LogP contribution >= 0.6 is 0 Å². The van der Waals surface area contributed by atoms with Crippen molar-refractivity contribution in [3.63, 3.8) is 0 Å². The van der Waals surface area contributed by atoms with Gasteiger partial charge in [-0.1, -0.05) is 59.3 Å². The Hall–Kier alpha value is -1.06. The Bertz CT molecular complexity index is 315. The Labute approximate surface area is 148 Å². The minimum absolute atomic E-state index is 0.0461. The number of ether oxygens (including phenoxy) is 2. The van der Waals surface area contributed by atoms with Crippen molar-refractivity contribution < 1.29 is 19.1 Å². The monoisotopic (exact) mass is 342 g/mol. The maximum absolute atomic E-state index is 11.7. The van der Waals surface area contributed by atoms with Crippen molar-refractivity contribution in [2.24, 2.45) is 0 Å². The van der Waals surface area contributed by atoms with Crippen LogP contribution in [0.25, 0.3) is 0 Å². The number of rotatable bonds is 16. The van der Waals surface area contributed by atoms with Crippen LogP contribution < -0.4 is 0 Å². The minimum atomic E-state index is -0.144. The molecule has 4 nitrogen and oxygen atoms in total. The summed E-state index contributed by atoms with van der Waals surface area (Å²) in [6.45, 7) is 6.86. The van der Waals surface area contributed by atoms with Gasteiger partial charge in [0.15, 0.2) is 0 Å². The van der Waals surface area contributed by atoms with Crippen molar-refractivity contribution in [1.82, 2.24) is 0 Å². The van der Waals surface area contributed by atoms with Gasteiger partial charge in [-0.25, -0.2) is 0 Å². The van der Waals surface area contributed by atoms with E-state index in [9.17, 15) is 9.59 Å². The van der Waals surface area contributed by atoms with Crippen LogP contribution in [0.5, 0.6) is 0 Å². The summed E-state index contributed by atoms with van der Waals surface area (Å²) in [5.41, 5.74) is 0. The molecular weight excluding hydrogens is 304 g/mol. The van der Waals surface area contributed by atoms with Gasteiger partial charge in [0.25, 0.3) is 0 Å². The summed E-state index contributed by atoms with van der Waals surface area (Å²) in [6.07, 6.45) is 12.2. The number of unbranched alkanes of at least 4 members (excludes halogenated alkanes) is 6. The summed E-state index contributed by atoms with van der Waals surface area (Å²) in [7, 11) is 0. The van der Waals surface area contributed by atoms with Gasteiger partial charge in [0.1, 0.15) is 6.10 Å². The van der Waals surface area contributed by atoms with Crippen LogP contribution in [-0.2, 0) is 19.1 Å². The van der Waals surface area contributed by atoms with E-state index in [1.807, 2.05) is 6.92 Å². The molecule has 0 aliphatic heterocycles. The van der Waals surface area contributed by atoms with E-state index in [2.05, 4.69) is 13.8 Å². The molecule has 0 saturated carbocycles. The van der Waals surface area contributed by atoms with Gasteiger partial charge < -0.3 is 9.47 Å². The second-order valence-corrected chi connectivity index (χ2v) is 6.50. The molecule has 0 aromatic heterocycles. The zero-order chi connectivity index (χ0) is 18.0. The quantitative estimate of drug-likeness (QED) is 0.272. The van der Waals surface area contributed by atoms with E-state index in [1.54, 1.807) is 0 Å². The SMILES string of the molecule is CCCCCCCCOC(=O)CCCCC(=O)OC(CC)CCC. The zero-order valence-corrected chi connectivity index (χ0v) is 16.1. The Morgan fingerprint density at radius 3 is 2.00 bits per heavy atom. The van der Waals surface area contributed by atoms with Gasteiger partial charge in [0.2, 0.25) is 0 Å².